The Morgan fingerprint density at radius 2 is 0.610 bits per heavy atom. The standard InChI is InChI=1S/C38H24O.C38H22/c1-2-10-25(11-3-1)26-18-20-27(21-19-26)37-30-13-4-6-15-32(30)38(33-16-7-5-14-31(33)37)28-22-23-36-34(24-28)29-12-8-9-17-35(29)39-36;1-3-25-11-13-29-15-19-31(33-21-17-27(5-1)35(25)37(29)33)23-7-9-24(10-8-23)32-20-16-30-14-12-26-4-2-6-28-18-22-34(32)38(30)36(26)28/h1-24H;1-22H/i1D,2D,3D,4D,5D,6D,7D,8D,9D,10D,11D,12D,13D,14D,15D,16D,17D,18D,19D,20D,21D,22D,23D,24D;. The lowest BCUT2D eigenvalue weighted by atomic mass is 9.85. The van der Waals surface area contributed by atoms with Crippen LogP contribution in [0.3, 0.4) is 0 Å². The number of rotatable bonds is 5. The molecule has 16 aromatic carbocycles. The molecule has 0 fully saturated rings. The molecule has 356 valence electrons. The van der Waals surface area contributed by atoms with E-state index in [2.05, 4.69) is 133 Å². The fourth-order valence-electron chi connectivity index (χ4n) is 11.3. The van der Waals surface area contributed by atoms with Gasteiger partial charge in [-0.15, -0.1) is 0 Å². The van der Waals surface area contributed by atoms with Crippen LogP contribution < -0.4 is 0 Å². The topological polar surface area (TPSA) is 13.1 Å². The maximum absolute atomic E-state index is 9.54. The second-order valence-corrected chi connectivity index (χ2v) is 18.8. The molecule has 1 aromatic heterocycles. The fraction of sp³-hybridized carbons (Fsp3) is 0. The quantitative estimate of drug-likeness (QED) is 0.124. The number of fused-ring (bicyclic) bond motifs is 5. The van der Waals surface area contributed by atoms with E-state index in [4.69, 9.17) is 26.3 Å². The maximum atomic E-state index is 9.54. The van der Waals surface area contributed by atoms with Crippen molar-refractivity contribution in [1.82, 2.24) is 0 Å². The Balaban J connectivity index is 0.000000176. The largest absolute Gasteiger partial charge is 0.456 e. The average Bonchev–Trinajstić information content (AvgIpc) is 1.55. The molecule has 0 unspecified atom stereocenters. The molecule has 0 amide bonds. The second-order valence-electron chi connectivity index (χ2n) is 18.8. The Hall–Kier alpha value is -10.1. The monoisotopic (exact) mass is 999 g/mol. The summed E-state index contributed by atoms with van der Waals surface area (Å²) in [6, 6.07) is 28.4. The Kier molecular flexibility index (Phi) is 5.81. The summed E-state index contributed by atoms with van der Waals surface area (Å²) in [4.78, 5) is 0. The van der Waals surface area contributed by atoms with Crippen molar-refractivity contribution in [2.75, 3.05) is 0 Å². The predicted octanol–water partition coefficient (Wildman–Crippen LogP) is 21.7. The summed E-state index contributed by atoms with van der Waals surface area (Å²) < 4.78 is 217. The maximum Gasteiger partial charge on any atom is 0.135 e. The van der Waals surface area contributed by atoms with E-state index in [1.54, 1.807) is 0 Å². The van der Waals surface area contributed by atoms with Gasteiger partial charge in [0, 0.05) is 10.8 Å². The van der Waals surface area contributed by atoms with E-state index < -0.39 is 222 Å². The molecule has 0 radical (unpaired) electrons. The van der Waals surface area contributed by atoms with E-state index in [1.165, 1.54) is 86.9 Å². The van der Waals surface area contributed by atoms with Crippen molar-refractivity contribution >= 4 is 108 Å². The summed E-state index contributed by atoms with van der Waals surface area (Å²) >= 11 is 0. The van der Waals surface area contributed by atoms with Gasteiger partial charge in [-0.1, -0.05) is 260 Å². The highest BCUT2D eigenvalue weighted by Gasteiger charge is 2.19. The molecule has 0 bridgehead atoms. The Morgan fingerprint density at radius 1 is 0.234 bits per heavy atom. The molecule has 1 heterocycles. The van der Waals surface area contributed by atoms with Gasteiger partial charge in [0.15, 0.2) is 0 Å². The molecule has 0 atom stereocenters. The number of hydrogen-bond acceptors (Lipinski definition) is 1. The van der Waals surface area contributed by atoms with Crippen LogP contribution in [-0.4, -0.2) is 0 Å². The van der Waals surface area contributed by atoms with Gasteiger partial charge in [-0.05, 0) is 160 Å². The van der Waals surface area contributed by atoms with E-state index in [0.29, 0.717) is 0 Å². The van der Waals surface area contributed by atoms with Gasteiger partial charge in [-0.25, -0.2) is 0 Å². The first-order valence-corrected chi connectivity index (χ1v) is 24.7. The zero-order valence-electron chi connectivity index (χ0n) is 64.1. The molecule has 1 nitrogen and oxygen atoms in total. The highest BCUT2D eigenvalue weighted by molar-refractivity contribution is 6.27. The lowest BCUT2D eigenvalue weighted by Crippen LogP contribution is -1.91. The van der Waals surface area contributed by atoms with Gasteiger partial charge < -0.3 is 4.42 Å². The van der Waals surface area contributed by atoms with E-state index >= 15 is 0 Å². The number of para-hydroxylation sites is 1. The van der Waals surface area contributed by atoms with Crippen molar-refractivity contribution in [3.63, 3.8) is 0 Å². The highest BCUT2D eigenvalue weighted by atomic mass is 16.3. The molecule has 0 spiro atoms. The van der Waals surface area contributed by atoms with Crippen LogP contribution in [0.4, 0.5) is 0 Å². The predicted molar refractivity (Wildman–Crippen MR) is 330 cm³/mol. The molecular formula is C76H46O. The molecule has 1 heteroatoms. The van der Waals surface area contributed by atoms with Crippen molar-refractivity contribution in [3.8, 4) is 55.6 Å². The summed E-state index contributed by atoms with van der Waals surface area (Å²) in [7, 11) is 0. The van der Waals surface area contributed by atoms with Crippen molar-refractivity contribution in [2.45, 2.75) is 0 Å². The first-order chi connectivity index (χ1) is 48.2. The summed E-state index contributed by atoms with van der Waals surface area (Å²) in [6.07, 6.45) is 0. The molecule has 0 aliphatic rings. The van der Waals surface area contributed by atoms with Gasteiger partial charge in [0.25, 0.3) is 0 Å². The molecule has 0 aliphatic carbocycles. The van der Waals surface area contributed by atoms with Gasteiger partial charge in [-0.3, -0.25) is 0 Å². The highest BCUT2D eigenvalue weighted by Crippen LogP contribution is 2.46. The minimum Gasteiger partial charge on any atom is -0.456 e. The van der Waals surface area contributed by atoms with Gasteiger partial charge in [-0.2, -0.15) is 0 Å². The number of hydrogen-bond donors (Lipinski definition) is 0. The van der Waals surface area contributed by atoms with E-state index in [-0.39, 0.29) is 0 Å². The smallest absolute Gasteiger partial charge is 0.135 e. The van der Waals surface area contributed by atoms with Crippen LogP contribution in [0.25, 0.3) is 164 Å². The minimum atomic E-state index is -1.02. The SMILES string of the molecule is [2H]c1c([2H])c([2H])c(-c2c([2H])c([2H])c(-c3c4c([2H])c([2H])c([2H])c([2H])c4c(-c4c([2H])c([2H])c5oc6c([2H])c([2H])c([2H])c([2H])c6c5c4[2H])c4c([2H])c([2H])c([2H])c([2H])c34)c([2H])c2[2H])c([2H])c1[2H].c1cc2ccc3ccc(-c4ccc(-c5ccc6ccc7cccc8ccc5c6c78)cc4)c4ccc(c1)c2c34. The summed E-state index contributed by atoms with van der Waals surface area (Å²) in [5.41, 5.74) is -0.231. The van der Waals surface area contributed by atoms with Crippen LogP contribution in [-0.2, 0) is 0 Å². The van der Waals surface area contributed by atoms with Crippen molar-refractivity contribution < 1.29 is 37.3 Å². The minimum absolute atomic E-state index is 0.396. The third-order valence-electron chi connectivity index (χ3n) is 14.7. The van der Waals surface area contributed by atoms with Crippen molar-refractivity contribution in [3.05, 3.63) is 278 Å². The van der Waals surface area contributed by atoms with Crippen LogP contribution in [0, 0.1) is 0 Å². The number of benzene rings is 16. The third kappa shape index (κ3) is 6.88. The van der Waals surface area contributed by atoms with Crippen LogP contribution >= 0.6 is 0 Å². The summed E-state index contributed by atoms with van der Waals surface area (Å²) in [5.74, 6) is 0. The average molecular weight is 999 g/mol. The van der Waals surface area contributed by atoms with Gasteiger partial charge in [0.2, 0.25) is 0 Å². The Bertz CT molecular complexity index is 6280. The van der Waals surface area contributed by atoms with Crippen LogP contribution in [0.2, 0.25) is 0 Å². The Morgan fingerprint density at radius 3 is 1.13 bits per heavy atom. The molecule has 17 rings (SSSR count). The van der Waals surface area contributed by atoms with Crippen molar-refractivity contribution in [2.24, 2.45) is 0 Å². The first-order valence-electron chi connectivity index (χ1n) is 36.7. The van der Waals surface area contributed by atoms with Gasteiger partial charge in [0.1, 0.15) is 11.2 Å². The third-order valence-corrected chi connectivity index (χ3v) is 14.7. The van der Waals surface area contributed by atoms with Crippen LogP contribution in [0.15, 0.2) is 283 Å². The molecular weight excluding hydrogens is 929 g/mol. The molecule has 0 aliphatic heterocycles. The lowest BCUT2D eigenvalue weighted by molar-refractivity contribution is 0.669. The first kappa shape index (κ1) is 25.9. The summed E-state index contributed by atoms with van der Waals surface area (Å²) in [5, 5.41) is 12.4. The second kappa shape index (κ2) is 17.2. The van der Waals surface area contributed by atoms with Gasteiger partial charge in [0.05, 0.1) is 32.9 Å². The zero-order valence-corrected chi connectivity index (χ0v) is 40.1. The van der Waals surface area contributed by atoms with Crippen LogP contribution in [0.5, 0.6) is 0 Å². The zero-order chi connectivity index (χ0) is 71.4. The fourth-order valence-corrected chi connectivity index (χ4v) is 11.3. The normalized spacial score (nSPS) is 16.3. The summed E-state index contributed by atoms with van der Waals surface area (Å²) in [6.45, 7) is 0. The van der Waals surface area contributed by atoms with E-state index in [9.17, 15) is 11.0 Å². The van der Waals surface area contributed by atoms with E-state index in [0.717, 1.165) is 0 Å². The van der Waals surface area contributed by atoms with Gasteiger partial charge >= 0.3 is 0 Å². The molecule has 0 N–H and O–H groups in total. The van der Waals surface area contributed by atoms with E-state index in [1.807, 2.05) is 0 Å². The Labute approximate surface area is 478 Å². The molecule has 17 aromatic rings. The molecule has 0 saturated carbocycles. The molecule has 0 saturated heterocycles. The van der Waals surface area contributed by atoms with Crippen molar-refractivity contribution in [1.29, 1.82) is 0 Å². The van der Waals surface area contributed by atoms with Crippen LogP contribution in [0.1, 0.15) is 32.9 Å². The number of furan rings is 1. The lowest BCUT2D eigenvalue weighted by Gasteiger charge is -2.18. The molecule has 77 heavy (non-hydrogen) atoms.